The fourth-order valence-corrected chi connectivity index (χ4v) is 4.34. The van der Waals surface area contributed by atoms with E-state index in [1.165, 1.54) is 57.8 Å². The van der Waals surface area contributed by atoms with E-state index in [-0.39, 0.29) is 0 Å². The molecule has 1 aliphatic carbocycles. The number of likely N-dealkylation sites (N-methyl/N-ethyl adjacent to an activating group) is 1. The van der Waals surface area contributed by atoms with Gasteiger partial charge in [-0.1, -0.05) is 70.6 Å². The van der Waals surface area contributed by atoms with Gasteiger partial charge in [0.15, 0.2) is 0 Å². The Labute approximate surface area is 148 Å². The van der Waals surface area contributed by atoms with Gasteiger partial charge in [-0.15, -0.1) is 0 Å². The van der Waals surface area contributed by atoms with Crippen molar-refractivity contribution in [1.29, 1.82) is 0 Å². The molecule has 0 heterocycles. The third-order valence-electron chi connectivity index (χ3n) is 4.90. The Balaban J connectivity index is 2.11. The number of phosphoric acid groups is 1. The van der Waals surface area contributed by atoms with Gasteiger partial charge in [0.25, 0.3) is 7.82 Å². The molecular formula is C18H38NO4P. The predicted molar refractivity (Wildman–Crippen MR) is 96.5 cm³/mol. The highest BCUT2D eigenvalue weighted by Crippen LogP contribution is 2.34. The molecule has 1 saturated carbocycles. The summed E-state index contributed by atoms with van der Waals surface area (Å²) >= 11 is 0. The number of phosphoric ester groups is 1. The molecule has 0 aromatic carbocycles. The standard InChI is InChI=1S/C18H38NO4P/c1-19(2,3)16-18(23-24(20,21)22)15-11-6-4-5-8-12-17-13-9-7-10-14-17/h17-18H,4-16H2,1-3H3,(H-,20,21,22). The van der Waals surface area contributed by atoms with Crippen LogP contribution in [0.15, 0.2) is 0 Å². The number of nitrogens with zero attached hydrogens (tertiary/aromatic N) is 1. The first kappa shape index (κ1) is 22.1. The van der Waals surface area contributed by atoms with E-state index in [0.29, 0.717) is 17.4 Å². The van der Waals surface area contributed by atoms with Crippen LogP contribution in [0, 0.1) is 5.92 Å². The summed E-state index contributed by atoms with van der Waals surface area (Å²) in [5, 5.41) is 0. The van der Waals surface area contributed by atoms with Gasteiger partial charge < -0.3 is 18.8 Å². The smallest absolute Gasteiger partial charge is 0.265 e. The molecule has 5 nitrogen and oxygen atoms in total. The van der Waals surface area contributed by atoms with E-state index >= 15 is 0 Å². The molecule has 24 heavy (non-hydrogen) atoms. The first-order chi connectivity index (χ1) is 11.2. The molecule has 1 rings (SSSR count). The molecule has 0 radical (unpaired) electrons. The lowest BCUT2D eigenvalue weighted by Crippen LogP contribution is -2.42. The first-order valence-corrected chi connectivity index (χ1v) is 11.2. The van der Waals surface area contributed by atoms with Gasteiger partial charge in [0, 0.05) is 0 Å². The summed E-state index contributed by atoms with van der Waals surface area (Å²) in [6, 6.07) is 0. The Bertz CT molecular complexity index is 372. The number of hydrogen-bond donors (Lipinski definition) is 1. The molecule has 0 spiro atoms. The van der Waals surface area contributed by atoms with E-state index in [1.807, 2.05) is 21.1 Å². The summed E-state index contributed by atoms with van der Waals surface area (Å²) in [5.74, 6) is 0.969. The summed E-state index contributed by atoms with van der Waals surface area (Å²) in [7, 11) is 1.33. The van der Waals surface area contributed by atoms with Crippen LogP contribution in [-0.2, 0) is 9.09 Å². The normalized spacial score (nSPS) is 20.7. The quantitative estimate of drug-likeness (QED) is 0.325. The highest BCUT2D eigenvalue weighted by molar-refractivity contribution is 7.44. The Kier molecular flexibility index (Phi) is 10.1. The minimum Gasteiger partial charge on any atom is -0.756 e. The fraction of sp³-hybridized carbons (Fsp3) is 1.00. The number of unbranched alkanes of at least 4 members (excludes halogenated alkanes) is 4. The molecule has 2 unspecified atom stereocenters. The minimum atomic E-state index is -4.65. The predicted octanol–water partition coefficient (Wildman–Crippen LogP) is 3.85. The fourth-order valence-electron chi connectivity index (χ4n) is 3.79. The van der Waals surface area contributed by atoms with Crippen molar-refractivity contribution < 1.29 is 23.4 Å². The second-order valence-corrected chi connectivity index (χ2v) is 9.67. The van der Waals surface area contributed by atoms with E-state index in [1.54, 1.807) is 0 Å². The van der Waals surface area contributed by atoms with E-state index in [0.717, 1.165) is 18.8 Å². The lowest BCUT2D eigenvalue weighted by molar-refractivity contribution is -0.873. The van der Waals surface area contributed by atoms with Crippen molar-refractivity contribution in [2.45, 2.75) is 83.2 Å². The first-order valence-electron chi connectivity index (χ1n) is 9.68. The highest BCUT2D eigenvalue weighted by Gasteiger charge is 2.22. The van der Waals surface area contributed by atoms with Crippen LogP contribution in [0.25, 0.3) is 0 Å². The van der Waals surface area contributed by atoms with E-state index in [9.17, 15) is 9.46 Å². The summed E-state index contributed by atoms with van der Waals surface area (Å²) in [5.41, 5.74) is 0. The molecule has 0 saturated heterocycles. The zero-order chi connectivity index (χ0) is 18.1. The van der Waals surface area contributed by atoms with Crippen molar-refractivity contribution in [2.24, 2.45) is 5.92 Å². The molecule has 2 atom stereocenters. The van der Waals surface area contributed by atoms with Crippen LogP contribution in [0.3, 0.4) is 0 Å². The van der Waals surface area contributed by atoms with Crippen molar-refractivity contribution in [3.8, 4) is 0 Å². The van der Waals surface area contributed by atoms with E-state index in [4.69, 9.17) is 9.42 Å². The third-order valence-corrected chi connectivity index (χ3v) is 5.46. The Morgan fingerprint density at radius 2 is 1.67 bits per heavy atom. The van der Waals surface area contributed by atoms with Gasteiger partial charge >= 0.3 is 0 Å². The van der Waals surface area contributed by atoms with Crippen LogP contribution < -0.4 is 4.89 Å². The van der Waals surface area contributed by atoms with Gasteiger partial charge in [-0.25, -0.2) is 0 Å². The molecule has 1 aliphatic rings. The number of hydrogen-bond acceptors (Lipinski definition) is 3. The minimum absolute atomic E-state index is 0.430. The van der Waals surface area contributed by atoms with Crippen molar-refractivity contribution in [2.75, 3.05) is 27.7 Å². The van der Waals surface area contributed by atoms with Crippen molar-refractivity contribution in [1.82, 2.24) is 0 Å². The largest absolute Gasteiger partial charge is 0.756 e. The summed E-state index contributed by atoms with van der Waals surface area (Å²) in [6.45, 7) is 0.578. The van der Waals surface area contributed by atoms with Gasteiger partial charge in [0.05, 0.1) is 21.1 Å². The lowest BCUT2D eigenvalue weighted by atomic mass is 9.85. The van der Waals surface area contributed by atoms with Crippen LogP contribution in [0.1, 0.15) is 77.0 Å². The van der Waals surface area contributed by atoms with Gasteiger partial charge in [-0.3, -0.25) is 4.57 Å². The molecule has 1 fully saturated rings. The summed E-state index contributed by atoms with van der Waals surface area (Å²) < 4.78 is 16.5. The second-order valence-electron chi connectivity index (χ2n) is 8.52. The van der Waals surface area contributed by atoms with Crippen LogP contribution in [0.5, 0.6) is 0 Å². The third kappa shape index (κ3) is 12.4. The van der Waals surface area contributed by atoms with E-state index in [2.05, 4.69) is 0 Å². The number of quaternary nitrogens is 1. The molecular weight excluding hydrogens is 325 g/mol. The second kappa shape index (κ2) is 10.9. The SMILES string of the molecule is C[N+](C)(C)CC(CCCCCCCC1CCCCC1)OP(=O)([O-])O. The molecule has 0 aromatic heterocycles. The Hall–Kier alpha value is 0.0700. The topological polar surface area (TPSA) is 69.6 Å². The van der Waals surface area contributed by atoms with Gasteiger partial charge in [0.1, 0.15) is 12.6 Å². The van der Waals surface area contributed by atoms with Crippen LogP contribution in [0.2, 0.25) is 0 Å². The monoisotopic (exact) mass is 363 g/mol. The van der Waals surface area contributed by atoms with Crippen molar-refractivity contribution >= 4 is 7.82 Å². The van der Waals surface area contributed by atoms with Crippen LogP contribution in [-0.4, -0.2) is 43.2 Å². The molecule has 0 amide bonds. The number of rotatable bonds is 12. The Morgan fingerprint density at radius 3 is 2.25 bits per heavy atom. The molecule has 6 heteroatoms. The van der Waals surface area contributed by atoms with Crippen LogP contribution >= 0.6 is 7.82 Å². The maximum absolute atomic E-state index is 11.0. The van der Waals surface area contributed by atoms with Gasteiger partial charge in [-0.05, 0) is 12.3 Å². The maximum Gasteiger partial charge on any atom is 0.265 e. The summed E-state index contributed by atoms with van der Waals surface area (Å²) in [4.78, 5) is 20.0. The molecule has 144 valence electrons. The Morgan fingerprint density at radius 1 is 1.08 bits per heavy atom. The molecule has 0 aromatic rings. The summed E-state index contributed by atoms with van der Waals surface area (Å²) in [6.07, 6.45) is 14.6. The van der Waals surface area contributed by atoms with Crippen LogP contribution in [0.4, 0.5) is 0 Å². The van der Waals surface area contributed by atoms with Gasteiger partial charge in [-0.2, -0.15) is 0 Å². The van der Waals surface area contributed by atoms with Crippen molar-refractivity contribution in [3.63, 3.8) is 0 Å². The average molecular weight is 363 g/mol. The molecule has 0 bridgehead atoms. The average Bonchev–Trinajstić information content (AvgIpc) is 2.44. The molecule has 0 aliphatic heterocycles. The zero-order valence-corrected chi connectivity index (χ0v) is 16.8. The zero-order valence-electron chi connectivity index (χ0n) is 15.9. The van der Waals surface area contributed by atoms with E-state index < -0.39 is 13.9 Å². The molecule has 1 N–H and O–H groups in total. The highest BCUT2D eigenvalue weighted by atomic mass is 31.2. The van der Waals surface area contributed by atoms with Gasteiger partial charge in [0.2, 0.25) is 0 Å². The van der Waals surface area contributed by atoms with Crippen molar-refractivity contribution in [3.05, 3.63) is 0 Å². The lowest BCUT2D eigenvalue weighted by Gasteiger charge is -2.31. The maximum atomic E-state index is 11.0.